The predicted octanol–water partition coefficient (Wildman–Crippen LogP) is 3.88. The zero-order valence-electron chi connectivity index (χ0n) is 19.4. The molecule has 2 amide bonds. The Labute approximate surface area is 195 Å². The molecule has 7 nitrogen and oxygen atoms in total. The van der Waals surface area contributed by atoms with E-state index in [0.717, 1.165) is 31.2 Å². The fourth-order valence-electron chi connectivity index (χ4n) is 4.30. The van der Waals surface area contributed by atoms with Gasteiger partial charge in [0, 0.05) is 38.2 Å². The maximum Gasteiger partial charge on any atom is 0.409 e. The van der Waals surface area contributed by atoms with Crippen molar-refractivity contribution >= 4 is 12.0 Å². The standard InChI is InChI=1S/C25H35FN2O5/c1-20-19-21(7-8-22(20)32-18-12-26)23(29)27-13-15-28(16-14-27)24(30)33-17-11-25(31)9-5-3-2-4-6-10-25/h2-3,7-8,19,31H,4-6,9-18H2,1H3/b3-2-/t25-/m0/s1. The molecule has 1 aliphatic carbocycles. The van der Waals surface area contributed by atoms with Crippen molar-refractivity contribution in [3.05, 3.63) is 41.5 Å². The number of halogens is 1. The Bertz CT molecular complexity index is 838. The van der Waals surface area contributed by atoms with Crippen LogP contribution in [0.1, 0.15) is 54.4 Å². The zero-order chi connectivity index (χ0) is 23.7. The van der Waals surface area contributed by atoms with E-state index in [-0.39, 0.29) is 19.1 Å². The van der Waals surface area contributed by atoms with Crippen LogP contribution in [0.2, 0.25) is 0 Å². The van der Waals surface area contributed by atoms with E-state index in [9.17, 15) is 19.1 Å². The maximum absolute atomic E-state index is 12.8. The number of benzene rings is 1. The van der Waals surface area contributed by atoms with Gasteiger partial charge in [-0.15, -0.1) is 0 Å². The van der Waals surface area contributed by atoms with Crippen molar-refractivity contribution < 1.29 is 28.6 Å². The number of allylic oxidation sites excluding steroid dienone is 2. The van der Waals surface area contributed by atoms with E-state index < -0.39 is 18.4 Å². The molecule has 1 aromatic rings. The quantitative estimate of drug-likeness (QED) is 0.622. The number of aryl methyl sites for hydroxylation is 1. The lowest BCUT2D eigenvalue weighted by atomic mass is 9.87. The lowest BCUT2D eigenvalue weighted by Gasteiger charge is -2.34. The fraction of sp³-hybridized carbons (Fsp3) is 0.600. The third-order valence-corrected chi connectivity index (χ3v) is 6.33. The van der Waals surface area contributed by atoms with Gasteiger partial charge < -0.3 is 24.4 Å². The number of rotatable bonds is 7. The molecule has 0 unspecified atom stereocenters. The second-order valence-electron chi connectivity index (χ2n) is 8.79. The molecule has 1 saturated heterocycles. The Morgan fingerprint density at radius 3 is 2.52 bits per heavy atom. The van der Waals surface area contributed by atoms with Gasteiger partial charge >= 0.3 is 6.09 Å². The fourth-order valence-corrected chi connectivity index (χ4v) is 4.30. The van der Waals surface area contributed by atoms with Gasteiger partial charge in [0.15, 0.2) is 0 Å². The average molecular weight is 463 g/mol. The third kappa shape index (κ3) is 7.19. The summed E-state index contributed by atoms with van der Waals surface area (Å²) in [6.45, 7) is 3.07. The Morgan fingerprint density at radius 2 is 1.79 bits per heavy atom. The first-order chi connectivity index (χ1) is 15.9. The number of hydrogen-bond donors (Lipinski definition) is 1. The Morgan fingerprint density at radius 1 is 1.06 bits per heavy atom. The van der Waals surface area contributed by atoms with Gasteiger partial charge in [0.05, 0.1) is 12.2 Å². The van der Waals surface area contributed by atoms with Gasteiger partial charge in [-0.25, -0.2) is 9.18 Å². The highest BCUT2D eigenvalue weighted by atomic mass is 19.1. The highest BCUT2D eigenvalue weighted by molar-refractivity contribution is 5.94. The number of ether oxygens (including phenoxy) is 2. The molecule has 0 spiro atoms. The van der Waals surface area contributed by atoms with E-state index in [1.54, 1.807) is 28.0 Å². The molecule has 1 atom stereocenters. The second-order valence-corrected chi connectivity index (χ2v) is 8.79. The highest BCUT2D eigenvalue weighted by Gasteiger charge is 2.29. The SMILES string of the molecule is Cc1cc(C(=O)N2CCN(C(=O)OCC[C@]3(O)CC/C=C\CCC3)CC2)ccc1OCCF. The van der Waals surface area contributed by atoms with Crippen molar-refractivity contribution in [2.45, 2.75) is 51.0 Å². The average Bonchev–Trinajstić information content (AvgIpc) is 2.80. The van der Waals surface area contributed by atoms with Gasteiger partial charge in [-0.3, -0.25) is 4.79 Å². The normalized spacial score (nSPS) is 22.3. The lowest BCUT2D eigenvalue weighted by Crippen LogP contribution is -2.50. The number of carbonyl (C=O) groups excluding carboxylic acids is 2. The van der Waals surface area contributed by atoms with Gasteiger partial charge in [-0.2, -0.15) is 0 Å². The number of piperazine rings is 1. The molecule has 3 rings (SSSR count). The minimum absolute atomic E-state index is 0.0111. The summed E-state index contributed by atoms with van der Waals surface area (Å²) in [6.07, 6.45) is 8.45. The molecule has 33 heavy (non-hydrogen) atoms. The molecule has 0 aromatic heterocycles. The lowest BCUT2D eigenvalue weighted by molar-refractivity contribution is -0.00894. The monoisotopic (exact) mass is 462 g/mol. The molecule has 8 heteroatoms. The molecule has 0 saturated carbocycles. The molecule has 1 aromatic carbocycles. The Kier molecular flexibility index (Phi) is 9.11. The number of alkyl halides is 1. The van der Waals surface area contributed by atoms with Crippen LogP contribution in [-0.4, -0.2) is 78.6 Å². The molecular weight excluding hydrogens is 427 g/mol. The Balaban J connectivity index is 1.43. The van der Waals surface area contributed by atoms with Gasteiger partial charge in [-0.05, 0) is 62.8 Å². The Hall–Kier alpha value is -2.61. The van der Waals surface area contributed by atoms with Crippen molar-refractivity contribution in [3.8, 4) is 5.75 Å². The molecular formula is C25H35FN2O5. The first-order valence-corrected chi connectivity index (χ1v) is 11.8. The van der Waals surface area contributed by atoms with Crippen LogP contribution in [0.4, 0.5) is 9.18 Å². The molecule has 1 fully saturated rings. The van der Waals surface area contributed by atoms with Gasteiger partial charge in [0.1, 0.15) is 19.0 Å². The predicted molar refractivity (Wildman–Crippen MR) is 123 cm³/mol. The summed E-state index contributed by atoms with van der Waals surface area (Å²) in [4.78, 5) is 28.6. The van der Waals surface area contributed by atoms with Crippen LogP contribution < -0.4 is 4.74 Å². The first kappa shape index (κ1) is 25.0. The topological polar surface area (TPSA) is 79.3 Å². The minimum Gasteiger partial charge on any atom is -0.491 e. The first-order valence-electron chi connectivity index (χ1n) is 11.8. The van der Waals surface area contributed by atoms with Gasteiger partial charge in [-0.1, -0.05) is 12.2 Å². The van der Waals surface area contributed by atoms with E-state index >= 15 is 0 Å². The zero-order valence-corrected chi connectivity index (χ0v) is 19.4. The van der Waals surface area contributed by atoms with Crippen LogP contribution in [-0.2, 0) is 4.74 Å². The molecule has 1 aliphatic heterocycles. The summed E-state index contributed by atoms with van der Waals surface area (Å²) in [5.41, 5.74) is 0.540. The molecule has 182 valence electrons. The number of carbonyl (C=O) groups is 2. The van der Waals surface area contributed by atoms with Crippen LogP contribution >= 0.6 is 0 Å². The van der Waals surface area contributed by atoms with Crippen molar-refractivity contribution in [3.63, 3.8) is 0 Å². The molecule has 1 heterocycles. The van der Waals surface area contributed by atoms with Crippen LogP contribution in [0.25, 0.3) is 0 Å². The van der Waals surface area contributed by atoms with E-state index in [2.05, 4.69) is 12.2 Å². The smallest absolute Gasteiger partial charge is 0.409 e. The summed E-state index contributed by atoms with van der Waals surface area (Å²) in [5.74, 6) is 0.459. The second kappa shape index (κ2) is 12.0. The number of nitrogens with zero attached hydrogens (tertiary/aromatic N) is 2. The highest BCUT2D eigenvalue weighted by Crippen LogP contribution is 2.27. The molecule has 0 radical (unpaired) electrons. The summed E-state index contributed by atoms with van der Waals surface area (Å²) < 4.78 is 23.1. The molecule has 1 N–H and O–H groups in total. The van der Waals surface area contributed by atoms with Crippen molar-refractivity contribution in [1.82, 2.24) is 9.80 Å². The van der Waals surface area contributed by atoms with Crippen LogP contribution in [0, 0.1) is 6.92 Å². The summed E-state index contributed by atoms with van der Waals surface area (Å²) in [7, 11) is 0. The minimum atomic E-state index is -0.777. The van der Waals surface area contributed by atoms with Crippen molar-refractivity contribution in [2.24, 2.45) is 0 Å². The van der Waals surface area contributed by atoms with Gasteiger partial charge in [0.2, 0.25) is 0 Å². The van der Waals surface area contributed by atoms with Crippen LogP contribution in [0.3, 0.4) is 0 Å². The molecule has 2 aliphatic rings. The summed E-state index contributed by atoms with van der Waals surface area (Å²) in [6, 6.07) is 5.11. The van der Waals surface area contributed by atoms with E-state index in [1.807, 2.05) is 6.92 Å². The van der Waals surface area contributed by atoms with Crippen molar-refractivity contribution in [2.75, 3.05) is 46.1 Å². The van der Waals surface area contributed by atoms with Crippen molar-refractivity contribution in [1.29, 1.82) is 0 Å². The summed E-state index contributed by atoms with van der Waals surface area (Å²) >= 11 is 0. The largest absolute Gasteiger partial charge is 0.491 e. The number of aliphatic hydroxyl groups is 1. The van der Waals surface area contributed by atoms with Gasteiger partial charge in [0.25, 0.3) is 5.91 Å². The van der Waals surface area contributed by atoms with E-state index in [1.165, 1.54) is 0 Å². The third-order valence-electron chi connectivity index (χ3n) is 6.33. The number of hydrogen-bond acceptors (Lipinski definition) is 5. The van der Waals surface area contributed by atoms with E-state index in [4.69, 9.17) is 9.47 Å². The molecule has 0 bridgehead atoms. The van der Waals surface area contributed by atoms with Crippen LogP contribution in [0.15, 0.2) is 30.4 Å². The maximum atomic E-state index is 12.8. The number of amides is 2. The summed E-state index contributed by atoms with van der Waals surface area (Å²) in [5, 5.41) is 10.8. The van der Waals surface area contributed by atoms with E-state index in [0.29, 0.717) is 50.3 Å². The van der Waals surface area contributed by atoms with Crippen LogP contribution in [0.5, 0.6) is 5.75 Å².